The number of aromatic carboxylic acids is 1. The van der Waals surface area contributed by atoms with Crippen LogP contribution in [0.1, 0.15) is 64.8 Å². The molecule has 58 heavy (non-hydrogen) atoms. The van der Waals surface area contributed by atoms with Gasteiger partial charge in [-0.2, -0.15) is 0 Å². The van der Waals surface area contributed by atoms with Gasteiger partial charge in [0.15, 0.2) is 0 Å². The maximum atomic E-state index is 14.0. The van der Waals surface area contributed by atoms with Crippen molar-refractivity contribution in [3.8, 4) is 0 Å². The Kier molecular flexibility index (Phi) is 12.6. The zero-order valence-electron chi connectivity index (χ0n) is 30.3. The second-order valence-electron chi connectivity index (χ2n) is 13.3. The highest BCUT2D eigenvalue weighted by atomic mass is 35.5. The van der Waals surface area contributed by atoms with E-state index >= 15 is 0 Å². The third-order valence-corrected chi connectivity index (χ3v) is 12.4. The van der Waals surface area contributed by atoms with E-state index in [-0.39, 0.29) is 47.6 Å². The number of hydrogen-bond donors (Lipinski definition) is 2. The molecule has 2 aromatic carbocycles. The Labute approximate surface area is 355 Å². The minimum atomic E-state index is -0.925. The molecule has 1 amide bonds. The number of carboxylic acid groups (broad SMARTS) is 1. The fourth-order valence-corrected chi connectivity index (χ4v) is 9.76. The van der Waals surface area contributed by atoms with Gasteiger partial charge >= 0.3 is 5.97 Å². The number of thiophene rings is 2. The molecule has 0 bridgehead atoms. The summed E-state index contributed by atoms with van der Waals surface area (Å²) < 4.78 is 32.2. The number of amides is 1. The first-order valence-electron chi connectivity index (χ1n) is 17.8. The molecule has 0 aliphatic carbocycles. The van der Waals surface area contributed by atoms with Gasteiger partial charge in [-0.25, -0.2) is 23.5 Å². The summed E-state index contributed by atoms with van der Waals surface area (Å²) in [6, 6.07) is 23.6. The highest BCUT2D eigenvalue weighted by Gasteiger charge is 2.34. The molecule has 8 heterocycles. The predicted molar refractivity (Wildman–Crippen MR) is 226 cm³/mol. The van der Waals surface area contributed by atoms with E-state index in [1.807, 2.05) is 40.9 Å². The van der Waals surface area contributed by atoms with Gasteiger partial charge in [-0.3, -0.25) is 4.79 Å². The lowest BCUT2D eigenvalue weighted by Gasteiger charge is -2.36. The maximum absolute atomic E-state index is 14.0. The Morgan fingerprint density at radius 3 is 1.95 bits per heavy atom. The largest absolute Gasteiger partial charge is 0.478 e. The first kappa shape index (κ1) is 41.0. The number of nitrogens with one attached hydrogen (secondary N) is 1. The monoisotopic (exact) mass is 876 g/mol. The molecule has 0 saturated heterocycles. The van der Waals surface area contributed by atoms with Crippen LogP contribution >= 0.6 is 58.3 Å². The Hall–Kier alpha value is -5.15. The number of aromatic nitrogens is 4. The highest BCUT2D eigenvalue weighted by molar-refractivity contribution is 7.16. The second-order valence-corrected chi connectivity index (χ2v) is 16.8. The molecule has 296 valence electrons. The average Bonchev–Trinajstić information content (AvgIpc) is 4.02. The van der Waals surface area contributed by atoms with Crippen molar-refractivity contribution in [1.82, 2.24) is 29.0 Å². The summed E-state index contributed by atoms with van der Waals surface area (Å²) >= 11 is 15.5. The van der Waals surface area contributed by atoms with Crippen LogP contribution in [-0.2, 0) is 12.8 Å². The molecule has 16 heteroatoms. The topological polar surface area (TPSA) is 104 Å². The molecule has 6 aromatic heterocycles. The lowest BCUT2D eigenvalue weighted by Crippen LogP contribution is -2.40. The summed E-state index contributed by atoms with van der Waals surface area (Å²) in [6.45, 7) is 1.46. The zero-order chi connectivity index (χ0) is 39.6. The normalized spacial score (nSPS) is 15.6. The molecule has 2 N–H and O–H groups in total. The van der Waals surface area contributed by atoms with E-state index in [0.29, 0.717) is 16.4 Å². The lowest BCUT2D eigenvalue weighted by molar-refractivity contribution is 0.0687. The van der Waals surface area contributed by atoms with Crippen LogP contribution in [0.3, 0.4) is 0 Å². The van der Waals surface area contributed by atoms with Gasteiger partial charge in [0.1, 0.15) is 22.9 Å². The zero-order valence-corrected chi connectivity index (χ0v) is 34.2. The summed E-state index contributed by atoms with van der Waals surface area (Å²) in [5, 5.41) is 12.1. The van der Waals surface area contributed by atoms with Crippen molar-refractivity contribution >= 4 is 81.5 Å². The SMILES string of the molecule is Cl.Fc1cccc(C2NCCc3sc(Cl)cc32)c1.O=C(O)c1ccc2nccn2c1.O=C(c1ccc2nccn2c1)N1CCc2sc(Cl)cc2C1c1cccc(F)c1. The number of hydrogen-bond acceptors (Lipinski definition) is 7. The minimum Gasteiger partial charge on any atom is -0.478 e. The van der Waals surface area contributed by atoms with Crippen LogP contribution in [-0.4, -0.2) is 53.7 Å². The standard InChI is InChI=1S/C21H15ClFN3OS.C13H11ClFNS.C8H6N2O2.ClH/c22-18-11-16-17(28-18)6-8-26(20(16)13-2-1-3-15(23)10-13)21(27)14-4-5-19-24-7-9-25(19)12-14;14-12-7-10-11(17-12)4-5-16-13(10)8-2-1-3-9(15)6-8;11-8(12)6-1-2-7-9-3-4-10(7)5-6;/h1-5,7,9-12,20H,6,8H2;1-3,6-7,13,16H,4-5H2;1-5H,(H,11,12);1H. The number of carbonyl (C=O) groups is 2. The van der Waals surface area contributed by atoms with Crippen LogP contribution in [0.4, 0.5) is 8.78 Å². The van der Waals surface area contributed by atoms with Gasteiger partial charge < -0.3 is 24.1 Å². The fourth-order valence-electron chi connectivity index (χ4n) is 7.14. The molecule has 2 unspecified atom stereocenters. The minimum absolute atomic E-state index is 0. The van der Waals surface area contributed by atoms with Gasteiger partial charge in [-0.15, -0.1) is 35.1 Å². The Morgan fingerprint density at radius 1 is 0.741 bits per heavy atom. The molecule has 9 nitrogen and oxygen atoms in total. The fraction of sp³-hybridized carbons (Fsp3) is 0.143. The van der Waals surface area contributed by atoms with Crippen LogP contribution in [0, 0.1) is 11.6 Å². The van der Waals surface area contributed by atoms with Crippen molar-refractivity contribution in [3.05, 3.63) is 186 Å². The molecule has 2 aliphatic heterocycles. The molecule has 0 radical (unpaired) electrons. The Morgan fingerprint density at radius 2 is 1.31 bits per heavy atom. The van der Waals surface area contributed by atoms with E-state index in [1.54, 1.807) is 75.8 Å². The molecule has 8 aromatic rings. The number of carboxylic acids is 1. The summed E-state index contributed by atoms with van der Waals surface area (Å²) in [4.78, 5) is 36.4. The van der Waals surface area contributed by atoms with E-state index in [1.165, 1.54) is 52.2 Å². The number of fused-ring (bicyclic) bond motifs is 4. The first-order valence-corrected chi connectivity index (χ1v) is 20.2. The van der Waals surface area contributed by atoms with Gasteiger partial charge in [-0.1, -0.05) is 47.5 Å². The molecule has 10 rings (SSSR count). The average molecular weight is 878 g/mol. The van der Waals surface area contributed by atoms with Crippen molar-refractivity contribution < 1.29 is 23.5 Å². The van der Waals surface area contributed by atoms with E-state index in [9.17, 15) is 18.4 Å². The van der Waals surface area contributed by atoms with Crippen molar-refractivity contribution in [2.24, 2.45) is 0 Å². The number of halogens is 5. The van der Waals surface area contributed by atoms with Crippen molar-refractivity contribution in [2.45, 2.75) is 24.9 Å². The molecule has 2 atom stereocenters. The third kappa shape index (κ3) is 8.80. The first-order chi connectivity index (χ1) is 27.6. The summed E-state index contributed by atoms with van der Waals surface area (Å²) in [5.74, 6) is -1.54. The van der Waals surface area contributed by atoms with Gasteiger partial charge in [0.05, 0.1) is 31.9 Å². The van der Waals surface area contributed by atoms with E-state index in [4.69, 9.17) is 28.3 Å². The Bertz CT molecular complexity index is 2750. The van der Waals surface area contributed by atoms with Gasteiger partial charge in [0.2, 0.25) is 0 Å². The third-order valence-electron chi connectivity index (χ3n) is 9.70. The number of rotatable bonds is 4. The van der Waals surface area contributed by atoms with Crippen molar-refractivity contribution in [2.75, 3.05) is 13.1 Å². The smallest absolute Gasteiger partial charge is 0.337 e. The lowest BCUT2D eigenvalue weighted by atomic mass is 9.92. The van der Waals surface area contributed by atoms with Gasteiger partial charge in [-0.05, 0) is 95.8 Å². The van der Waals surface area contributed by atoms with E-state index in [2.05, 4.69) is 15.3 Å². The van der Waals surface area contributed by atoms with Gasteiger partial charge in [0, 0.05) is 60.0 Å². The Balaban J connectivity index is 0.000000145. The summed E-state index contributed by atoms with van der Waals surface area (Å²) in [7, 11) is 0. The molecule has 2 aliphatic rings. The summed E-state index contributed by atoms with van der Waals surface area (Å²) in [6.07, 6.45) is 11.9. The molecule has 0 saturated carbocycles. The molecular weight excluding hydrogens is 845 g/mol. The number of benzene rings is 2. The van der Waals surface area contributed by atoms with E-state index in [0.717, 1.165) is 56.6 Å². The van der Waals surface area contributed by atoms with Gasteiger partial charge in [0.25, 0.3) is 5.91 Å². The molecule has 0 fully saturated rings. The highest BCUT2D eigenvalue weighted by Crippen LogP contribution is 2.42. The van der Waals surface area contributed by atoms with Crippen LogP contribution < -0.4 is 5.32 Å². The maximum Gasteiger partial charge on any atom is 0.337 e. The number of carbonyl (C=O) groups excluding carboxylic acids is 1. The van der Waals surface area contributed by atoms with Crippen LogP contribution in [0.15, 0.2) is 122 Å². The number of imidazole rings is 2. The molecule has 0 spiro atoms. The van der Waals surface area contributed by atoms with Crippen LogP contribution in [0.5, 0.6) is 0 Å². The predicted octanol–water partition coefficient (Wildman–Crippen LogP) is 10.2. The van der Waals surface area contributed by atoms with Crippen LogP contribution in [0.2, 0.25) is 8.67 Å². The van der Waals surface area contributed by atoms with Crippen molar-refractivity contribution in [3.63, 3.8) is 0 Å². The van der Waals surface area contributed by atoms with Crippen molar-refractivity contribution in [1.29, 1.82) is 0 Å². The second kappa shape index (κ2) is 17.8. The number of nitrogens with zero attached hydrogens (tertiary/aromatic N) is 5. The number of pyridine rings is 2. The molecular formula is C42H33Cl3F2N6O3S2. The summed E-state index contributed by atoms with van der Waals surface area (Å²) in [5.41, 5.74) is 6.23. The van der Waals surface area contributed by atoms with E-state index < -0.39 is 5.97 Å². The quantitative estimate of drug-likeness (QED) is 0.183. The van der Waals surface area contributed by atoms with Crippen LogP contribution in [0.25, 0.3) is 11.3 Å².